The first-order chi connectivity index (χ1) is 33.7. The second-order valence-electron chi connectivity index (χ2n) is 17.9. The highest BCUT2D eigenvalue weighted by atomic mass is 15.2. The smallest absolute Gasteiger partial charge is 0.134 e. The molecule has 0 saturated carbocycles. The summed E-state index contributed by atoms with van der Waals surface area (Å²) in [6.07, 6.45) is 2.26. The van der Waals surface area contributed by atoms with E-state index in [1.165, 1.54) is 83.7 Å². The Balaban J connectivity index is 0.874. The van der Waals surface area contributed by atoms with Gasteiger partial charge in [-0.2, -0.15) is 0 Å². The number of anilines is 3. The largest absolute Gasteiger partial charge is 0.359 e. The van der Waals surface area contributed by atoms with E-state index in [0.29, 0.717) is 0 Å². The molecule has 68 heavy (non-hydrogen) atoms. The first-order valence-electron chi connectivity index (χ1n) is 23.5. The van der Waals surface area contributed by atoms with E-state index >= 15 is 0 Å². The summed E-state index contributed by atoms with van der Waals surface area (Å²) >= 11 is 0. The van der Waals surface area contributed by atoms with E-state index in [0.717, 1.165) is 28.3 Å². The summed E-state index contributed by atoms with van der Waals surface area (Å²) in [5.74, 6) is 0.862. The molecule has 13 rings (SSSR count). The van der Waals surface area contributed by atoms with Gasteiger partial charge in [0, 0.05) is 11.3 Å². The van der Waals surface area contributed by atoms with Crippen molar-refractivity contribution in [1.82, 2.24) is 5.32 Å². The van der Waals surface area contributed by atoms with E-state index in [1.807, 2.05) is 6.07 Å². The van der Waals surface area contributed by atoms with E-state index in [2.05, 4.69) is 265 Å². The van der Waals surface area contributed by atoms with Crippen LogP contribution in [0.2, 0.25) is 0 Å². The van der Waals surface area contributed by atoms with Gasteiger partial charge in [0.1, 0.15) is 5.84 Å². The van der Waals surface area contributed by atoms with E-state index in [-0.39, 0.29) is 6.04 Å². The van der Waals surface area contributed by atoms with Crippen LogP contribution in [0.1, 0.15) is 45.0 Å². The Labute approximate surface area is 397 Å². The van der Waals surface area contributed by atoms with Gasteiger partial charge >= 0.3 is 0 Å². The van der Waals surface area contributed by atoms with E-state index in [4.69, 9.17) is 4.99 Å². The summed E-state index contributed by atoms with van der Waals surface area (Å²) in [4.78, 5) is 7.63. The minimum atomic E-state index is -0.483. The topological polar surface area (TPSA) is 27.6 Å². The van der Waals surface area contributed by atoms with Gasteiger partial charge in [0.15, 0.2) is 0 Å². The number of fused-ring (bicyclic) bond motifs is 9. The van der Waals surface area contributed by atoms with Crippen molar-refractivity contribution in [2.45, 2.75) is 11.5 Å². The molecule has 320 valence electrons. The summed E-state index contributed by atoms with van der Waals surface area (Å²) in [6.45, 7) is 0. The average molecular weight is 868 g/mol. The molecule has 10 aromatic rings. The molecule has 0 radical (unpaired) electrons. The lowest BCUT2D eigenvalue weighted by Gasteiger charge is -2.45. The number of aliphatic imine (C=N–C) groups is 1. The number of rotatable bonds is 7. The molecule has 0 fully saturated rings. The third-order valence-electron chi connectivity index (χ3n) is 14.1. The summed E-state index contributed by atoms with van der Waals surface area (Å²) < 4.78 is 0. The number of nitrogens with one attached hydrogen (secondary N) is 1. The molecule has 1 N–H and O–H groups in total. The molecule has 3 aliphatic rings. The number of hydrogen-bond acceptors (Lipinski definition) is 3. The van der Waals surface area contributed by atoms with Crippen LogP contribution in [0, 0.1) is 0 Å². The van der Waals surface area contributed by atoms with Gasteiger partial charge in [-0.15, -0.1) is 0 Å². The second-order valence-corrected chi connectivity index (χ2v) is 17.9. The van der Waals surface area contributed by atoms with Gasteiger partial charge in [0.05, 0.1) is 28.5 Å². The molecule has 1 atom stereocenters. The zero-order valence-electron chi connectivity index (χ0n) is 37.3. The maximum Gasteiger partial charge on any atom is 0.134 e. The molecule has 0 bridgehead atoms. The second kappa shape index (κ2) is 16.3. The van der Waals surface area contributed by atoms with Crippen molar-refractivity contribution in [2.75, 3.05) is 4.90 Å². The quantitative estimate of drug-likeness (QED) is 0.173. The highest BCUT2D eigenvalue weighted by molar-refractivity contribution is 6.03. The fraction of sp³-hybridized carbons (Fsp3) is 0.0308. The summed E-state index contributed by atoms with van der Waals surface area (Å²) in [7, 11) is 0. The summed E-state index contributed by atoms with van der Waals surface area (Å²) in [5.41, 5.74) is 22.2. The molecule has 3 heteroatoms. The summed E-state index contributed by atoms with van der Waals surface area (Å²) in [6, 6.07) is 92.6. The molecule has 0 saturated heterocycles. The van der Waals surface area contributed by atoms with Crippen molar-refractivity contribution in [3.8, 4) is 44.5 Å². The molecule has 1 unspecified atom stereocenters. The molecular weight excluding hydrogens is 823 g/mol. The number of nitrogens with zero attached hydrogens (tertiary/aromatic N) is 2. The van der Waals surface area contributed by atoms with E-state index in [9.17, 15) is 0 Å². The monoisotopic (exact) mass is 867 g/mol. The van der Waals surface area contributed by atoms with Gasteiger partial charge in [0.2, 0.25) is 0 Å². The Morgan fingerprint density at radius 1 is 0.353 bits per heavy atom. The molecule has 1 spiro atoms. The maximum absolute atomic E-state index is 5.20. The van der Waals surface area contributed by atoms with Crippen molar-refractivity contribution in [3.05, 3.63) is 300 Å². The van der Waals surface area contributed by atoms with Gasteiger partial charge in [0.25, 0.3) is 0 Å². The molecule has 1 aliphatic carbocycles. The predicted molar refractivity (Wildman–Crippen MR) is 282 cm³/mol. The van der Waals surface area contributed by atoms with Gasteiger partial charge in [-0.1, -0.05) is 212 Å². The first kappa shape index (κ1) is 39.6. The Bertz CT molecular complexity index is 3540. The molecule has 3 nitrogen and oxygen atoms in total. The van der Waals surface area contributed by atoms with Gasteiger partial charge in [-0.3, -0.25) is 0 Å². The Morgan fingerprint density at radius 3 is 1.53 bits per heavy atom. The van der Waals surface area contributed by atoms with Crippen LogP contribution in [0.3, 0.4) is 0 Å². The average Bonchev–Trinajstić information content (AvgIpc) is 3.71. The van der Waals surface area contributed by atoms with Gasteiger partial charge < -0.3 is 10.2 Å². The van der Waals surface area contributed by atoms with Crippen molar-refractivity contribution >= 4 is 28.6 Å². The van der Waals surface area contributed by atoms with E-state index in [1.54, 1.807) is 0 Å². The lowest BCUT2D eigenvalue weighted by atomic mass is 9.64. The maximum atomic E-state index is 5.20. The molecule has 2 heterocycles. The zero-order valence-corrected chi connectivity index (χ0v) is 37.3. The van der Waals surface area contributed by atoms with Crippen LogP contribution in [0.5, 0.6) is 0 Å². The van der Waals surface area contributed by atoms with Gasteiger partial charge in [-0.25, -0.2) is 4.99 Å². The third kappa shape index (κ3) is 6.47. The number of benzene rings is 10. The van der Waals surface area contributed by atoms with Crippen molar-refractivity contribution in [1.29, 1.82) is 0 Å². The Hall–Kier alpha value is -8.79. The Morgan fingerprint density at radius 2 is 0.838 bits per heavy atom. The van der Waals surface area contributed by atoms with Crippen LogP contribution in [0.15, 0.2) is 266 Å². The molecule has 0 aromatic heterocycles. The van der Waals surface area contributed by atoms with Crippen LogP contribution in [0.25, 0.3) is 50.2 Å². The number of amidine groups is 1. The van der Waals surface area contributed by atoms with Crippen molar-refractivity contribution in [2.24, 2.45) is 4.99 Å². The van der Waals surface area contributed by atoms with E-state index < -0.39 is 5.41 Å². The molecule has 10 aromatic carbocycles. The van der Waals surface area contributed by atoms with Gasteiger partial charge in [-0.05, 0) is 126 Å². The van der Waals surface area contributed by atoms with Crippen LogP contribution >= 0.6 is 0 Å². The third-order valence-corrected chi connectivity index (χ3v) is 14.1. The molecule has 0 amide bonds. The fourth-order valence-electron chi connectivity index (χ4n) is 11.0. The fourth-order valence-corrected chi connectivity index (χ4v) is 11.0. The van der Waals surface area contributed by atoms with Crippen molar-refractivity contribution < 1.29 is 0 Å². The standard InChI is InChI=1S/C65H45N3/c1-4-18-44(19-5-1)45-34-36-46(37-35-45)60-43-61(67-64(66-60)47-20-6-2-7-21-47)52-25-17-24-50(41-52)48-22-16-23-49(40-48)51-38-39-57-55(42-51)54-28-10-11-29-56(54)65(57)58-30-12-14-32-62(58)68(53-26-8-3-9-27-53)63-33-15-13-31-59(63)65/h1-43,61H,(H,66,67). The lowest BCUT2D eigenvalue weighted by Crippen LogP contribution is -2.36. The minimum Gasteiger partial charge on any atom is -0.359 e. The predicted octanol–water partition coefficient (Wildman–Crippen LogP) is 16.0. The number of hydrogen-bond donors (Lipinski definition) is 1. The molecular formula is C65H45N3. The van der Waals surface area contributed by atoms with Crippen molar-refractivity contribution in [3.63, 3.8) is 0 Å². The Kier molecular flexibility index (Phi) is 9.47. The highest BCUT2D eigenvalue weighted by Gasteiger charge is 2.51. The number of para-hydroxylation sites is 3. The minimum absolute atomic E-state index is 0.0893. The lowest BCUT2D eigenvalue weighted by molar-refractivity contribution is 0.753. The van der Waals surface area contributed by atoms with Crippen LogP contribution < -0.4 is 10.2 Å². The van der Waals surface area contributed by atoms with Crippen LogP contribution in [-0.4, -0.2) is 5.84 Å². The zero-order chi connectivity index (χ0) is 45.0. The highest BCUT2D eigenvalue weighted by Crippen LogP contribution is 2.63. The molecule has 2 aliphatic heterocycles. The summed E-state index contributed by atoms with van der Waals surface area (Å²) in [5, 5.41) is 3.79. The normalized spacial score (nSPS) is 15.0. The van der Waals surface area contributed by atoms with Crippen LogP contribution in [-0.2, 0) is 5.41 Å². The SMILES string of the molecule is C1=C(c2ccc(-c3ccccc3)cc2)N=C(c2ccccc2)NC1c1cccc(-c2cccc(-c3ccc4c(c3)-c3ccccc3C43c4ccccc4N(c4ccccc4)c4ccccc43)c2)c1. The first-order valence-corrected chi connectivity index (χ1v) is 23.5. The van der Waals surface area contributed by atoms with Crippen LogP contribution in [0.4, 0.5) is 17.1 Å².